The van der Waals surface area contributed by atoms with Crippen LogP contribution in [0.2, 0.25) is 0 Å². The number of aryl methyl sites for hydroxylation is 1. The van der Waals surface area contributed by atoms with Crippen LogP contribution in [-0.4, -0.2) is 73.4 Å². The van der Waals surface area contributed by atoms with Crippen molar-refractivity contribution in [3.05, 3.63) is 30.4 Å². The Morgan fingerprint density at radius 2 is 1.88 bits per heavy atom. The third-order valence-electron chi connectivity index (χ3n) is 6.86. The van der Waals surface area contributed by atoms with Crippen LogP contribution in [0.15, 0.2) is 24.5 Å². The summed E-state index contributed by atoms with van der Waals surface area (Å²) in [5, 5.41) is 14.2. The summed E-state index contributed by atoms with van der Waals surface area (Å²) < 4.78 is 5.52. The molecule has 2 fully saturated rings. The summed E-state index contributed by atoms with van der Waals surface area (Å²) in [6.45, 7) is 5.78. The van der Waals surface area contributed by atoms with E-state index in [-0.39, 0.29) is 0 Å². The van der Waals surface area contributed by atoms with E-state index in [0.29, 0.717) is 12.1 Å². The quantitative estimate of drug-likeness (QED) is 0.454. The van der Waals surface area contributed by atoms with Gasteiger partial charge >= 0.3 is 0 Å². The van der Waals surface area contributed by atoms with Gasteiger partial charge in [-0.25, -0.2) is 9.97 Å². The first kappa shape index (κ1) is 19.6. The van der Waals surface area contributed by atoms with Crippen LogP contribution in [0, 0.1) is 6.92 Å². The first-order valence-corrected chi connectivity index (χ1v) is 11.5. The van der Waals surface area contributed by atoms with Crippen molar-refractivity contribution >= 4 is 27.8 Å². The molecule has 4 aromatic rings. The minimum absolute atomic E-state index is 0.426. The van der Waals surface area contributed by atoms with Crippen LogP contribution in [0.4, 0.5) is 5.82 Å². The molecule has 3 aromatic heterocycles. The summed E-state index contributed by atoms with van der Waals surface area (Å²) in [5.41, 5.74) is 2.89. The third-order valence-corrected chi connectivity index (χ3v) is 6.86. The first-order chi connectivity index (χ1) is 15.7. The molecule has 0 radical (unpaired) electrons. The lowest BCUT2D eigenvalue weighted by Gasteiger charge is -2.39. The maximum atomic E-state index is 5.52. The standard InChI is InChI=1S/C23H28N8O/c1-14-26-21(30-29-14)15-2-7-19-18(12-15)20-22(24-13-25-23(20)28-19)27-16-3-5-17(6-4-16)31-8-10-32-11-9-31/h2,7,12-13,16-17H,3-6,8-11H2,1H3,(H,26,29,30)(H2,24,25,27,28). The van der Waals surface area contributed by atoms with Gasteiger partial charge in [-0.2, -0.15) is 0 Å². The van der Waals surface area contributed by atoms with Crippen LogP contribution in [0.1, 0.15) is 31.5 Å². The summed E-state index contributed by atoms with van der Waals surface area (Å²) in [6.07, 6.45) is 6.38. The second kappa shape index (κ2) is 8.14. The van der Waals surface area contributed by atoms with Crippen LogP contribution in [0.5, 0.6) is 0 Å². The molecular weight excluding hydrogens is 404 g/mol. The lowest BCUT2D eigenvalue weighted by atomic mass is 9.90. The molecular formula is C23H28N8O. The Kier molecular flexibility index (Phi) is 4.99. The zero-order valence-corrected chi connectivity index (χ0v) is 18.3. The van der Waals surface area contributed by atoms with Gasteiger partial charge in [-0.05, 0) is 50.8 Å². The molecule has 0 unspecified atom stereocenters. The van der Waals surface area contributed by atoms with Crippen molar-refractivity contribution in [2.45, 2.75) is 44.7 Å². The average molecular weight is 433 g/mol. The van der Waals surface area contributed by atoms with Gasteiger partial charge in [0.15, 0.2) is 5.82 Å². The van der Waals surface area contributed by atoms with E-state index in [4.69, 9.17) is 4.74 Å². The molecule has 1 saturated carbocycles. The zero-order valence-electron chi connectivity index (χ0n) is 18.3. The number of nitrogens with one attached hydrogen (secondary N) is 3. The molecule has 0 atom stereocenters. The lowest BCUT2D eigenvalue weighted by Crippen LogP contribution is -2.46. The predicted molar refractivity (Wildman–Crippen MR) is 124 cm³/mol. The van der Waals surface area contributed by atoms with E-state index in [0.717, 1.165) is 84.1 Å². The highest BCUT2D eigenvalue weighted by molar-refractivity contribution is 6.12. The Morgan fingerprint density at radius 1 is 1.03 bits per heavy atom. The number of fused-ring (bicyclic) bond motifs is 3. The van der Waals surface area contributed by atoms with E-state index < -0.39 is 0 Å². The fourth-order valence-corrected chi connectivity index (χ4v) is 5.18. The van der Waals surface area contributed by atoms with E-state index in [2.05, 4.69) is 52.5 Å². The number of hydrogen-bond donors (Lipinski definition) is 3. The highest BCUT2D eigenvalue weighted by atomic mass is 16.5. The van der Waals surface area contributed by atoms with Gasteiger partial charge in [0.1, 0.15) is 23.6 Å². The Morgan fingerprint density at radius 3 is 2.66 bits per heavy atom. The van der Waals surface area contributed by atoms with Gasteiger partial charge in [-0.1, -0.05) is 0 Å². The normalized spacial score (nSPS) is 22.5. The van der Waals surface area contributed by atoms with Gasteiger partial charge in [0.2, 0.25) is 0 Å². The first-order valence-electron chi connectivity index (χ1n) is 11.5. The van der Waals surface area contributed by atoms with Crippen molar-refractivity contribution in [3.8, 4) is 11.4 Å². The van der Waals surface area contributed by atoms with Gasteiger partial charge in [0.05, 0.1) is 18.6 Å². The molecule has 3 N–H and O–H groups in total. The summed E-state index contributed by atoms with van der Waals surface area (Å²) >= 11 is 0. The van der Waals surface area contributed by atoms with E-state index >= 15 is 0 Å². The summed E-state index contributed by atoms with van der Waals surface area (Å²) in [7, 11) is 0. The number of nitrogens with zero attached hydrogens (tertiary/aromatic N) is 5. The molecule has 1 aromatic carbocycles. The summed E-state index contributed by atoms with van der Waals surface area (Å²) in [5.74, 6) is 2.48. The number of aromatic nitrogens is 6. The van der Waals surface area contributed by atoms with Crippen molar-refractivity contribution in [2.75, 3.05) is 31.6 Å². The van der Waals surface area contributed by atoms with Crippen LogP contribution in [0.3, 0.4) is 0 Å². The molecule has 0 bridgehead atoms. The minimum Gasteiger partial charge on any atom is -0.379 e. The van der Waals surface area contributed by atoms with Crippen LogP contribution < -0.4 is 5.32 Å². The molecule has 9 heteroatoms. The monoisotopic (exact) mass is 432 g/mol. The summed E-state index contributed by atoms with van der Waals surface area (Å²) in [6, 6.07) is 7.36. The van der Waals surface area contributed by atoms with Crippen LogP contribution >= 0.6 is 0 Å². The maximum absolute atomic E-state index is 5.52. The largest absolute Gasteiger partial charge is 0.379 e. The number of rotatable bonds is 4. The summed E-state index contributed by atoms with van der Waals surface area (Å²) in [4.78, 5) is 18.4. The molecule has 6 rings (SSSR count). The Labute approximate surface area is 186 Å². The second-order valence-electron chi connectivity index (χ2n) is 8.89. The number of benzene rings is 1. The van der Waals surface area contributed by atoms with Gasteiger partial charge in [0, 0.05) is 41.6 Å². The highest BCUT2D eigenvalue weighted by Crippen LogP contribution is 2.33. The molecule has 1 aliphatic heterocycles. The number of ether oxygens (including phenoxy) is 1. The fourth-order valence-electron chi connectivity index (χ4n) is 5.18. The predicted octanol–water partition coefficient (Wildman–Crippen LogP) is 3.26. The van der Waals surface area contributed by atoms with Crippen molar-refractivity contribution < 1.29 is 4.74 Å². The molecule has 2 aliphatic rings. The second-order valence-corrected chi connectivity index (χ2v) is 8.89. The molecule has 4 heterocycles. The molecule has 0 amide bonds. The number of morpholine rings is 1. The molecule has 166 valence electrons. The topological polar surface area (TPSA) is 108 Å². The Balaban J connectivity index is 1.26. The van der Waals surface area contributed by atoms with Crippen molar-refractivity contribution in [1.82, 2.24) is 35.0 Å². The van der Waals surface area contributed by atoms with Crippen molar-refractivity contribution in [2.24, 2.45) is 0 Å². The minimum atomic E-state index is 0.426. The van der Waals surface area contributed by atoms with E-state index in [1.54, 1.807) is 6.33 Å². The number of anilines is 1. The Bertz CT molecular complexity index is 1230. The van der Waals surface area contributed by atoms with Crippen molar-refractivity contribution in [1.29, 1.82) is 0 Å². The number of H-pyrrole nitrogens is 2. The number of aromatic amines is 2. The average Bonchev–Trinajstić information content (AvgIpc) is 3.43. The zero-order chi connectivity index (χ0) is 21.5. The van der Waals surface area contributed by atoms with Crippen LogP contribution in [0.25, 0.3) is 33.3 Å². The van der Waals surface area contributed by atoms with Gasteiger partial charge < -0.3 is 20.0 Å². The van der Waals surface area contributed by atoms with Crippen LogP contribution in [-0.2, 0) is 4.74 Å². The molecule has 1 aliphatic carbocycles. The van der Waals surface area contributed by atoms with Gasteiger partial charge in [-0.15, -0.1) is 10.2 Å². The molecule has 0 spiro atoms. The smallest absolute Gasteiger partial charge is 0.161 e. The molecule has 32 heavy (non-hydrogen) atoms. The molecule has 9 nitrogen and oxygen atoms in total. The lowest BCUT2D eigenvalue weighted by molar-refractivity contribution is 0.00791. The highest BCUT2D eigenvalue weighted by Gasteiger charge is 2.27. The van der Waals surface area contributed by atoms with E-state index in [1.807, 2.05) is 13.0 Å². The Hall–Kier alpha value is -3.04. The SMILES string of the molecule is Cc1nnc(-c2ccc3[nH]c4ncnc(NC5CCC(N6CCOCC6)CC5)c4c3c2)[nH]1. The van der Waals surface area contributed by atoms with E-state index in [1.165, 1.54) is 12.8 Å². The third kappa shape index (κ3) is 3.61. The van der Waals surface area contributed by atoms with E-state index in [9.17, 15) is 0 Å². The fraction of sp³-hybridized carbons (Fsp3) is 0.478. The number of hydrogen-bond acceptors (Lipinski definition) is 7. The van der Waals surface area contributed by atoms with Gasteiger partial charge in [0.25, 0.3) is 0 Å². The van der Waals surface area contributed by atoms with Crippen molar-refractivity contribution in [3.63, 3.8) is 0 Å². The maximum Gasteiger partial charge on any atom is 0.161 e. The molecule has 1 saturated heterocycles. The van der Waals surface area contributed by atoms with Gasteiger partial charge in [-0.3, -0.25) is 4.90 Å².